The lowest BCUT2D eigenvalue weighted by Crippen LogP contribution is -2.46. The second-order valence-electron chi connectivity index (χ2n) is 8.55. The molecule has 1 saturated heterocycles. The quantitative estimate of drug-likeness (QED) is 0.398. The van der Waals surface area contributed by atoms with Gasteiger partial charge in [-0.15, -0.1) is 0 Å². The number of hydrogen-bond donors (Lipinski definition) is 1. The van der Waals surface area contributed by atoms with Crippen molar-refractivity contribution < 1.29 is 23.5 Å². The largest absolute Gasteiger partial charge is 0.493 e. The number of hydrogen-bond acceptors (Lipinski definition) is 7. The average molecular weight is 494 g/mol. The standard InChI is InChI=1S/C27H31N3O6/c1-4-5-6-7-20-9-10-21(27(33)36-20)26(32)30-17-19(12-13-28)14-22(30)25(31)29-16-18-8-11-23(34-2)24(15-18)35-3/h8-12,15,22H,4-7,14,16-17H2,1-3H3,(H,29,31)/t22-/m0/s1. The molecule has 2 amide bonds. The fourth-order valence-corrected chi connectivity index (χ4v) is 4.14. The van der Waals surface area contributed by atoms with Gasteiger partial charge < -0.3 is 24.1 Å². The molecule has 1 N–H and O–H groups in total. The molecule has 1 aliphatic rings. The molecule has 9 nitrogen and oxygen atoms in total. The first-order valence-corrected chi connectivity index (χ1v) is 11.9. The van der Waals surface area contributed by atoms with Gasteiger partial charge >= 0.3 is 5.63 Å². The molecule has 0 unspecified atom stereocenters. The first-order valence-electron chi connectivity index (χ1n) is 11.9. The Kier molecular flexibility index (Phi) is 9.28. The Hall–Kier alpha value is -4.06. The molecule has 1 atom stereocenters. The molecule has 0 bridgehead atoms. The third-order valence-corrected chi connectivity index (χ3v) is 6.09. The van der Waals surface area contributed by atoms with E-state index >= 15 is 0 Å². The van der Waals surface area contributed by atoms with E-state index in [1.165, 1.54) is 31.3 Å². The van der Waals surface area contributed by atoms with Gasteiger partial charge in [-0.1, -0.05) is 25.8 Å². The fourth-order valence-electron chi connectivity index (χ4n) is 4.14. The van der Waals surface area contributed by atoms with Crippen LogP contribution in [-0.2, 0) is 17.8 Å². The number of carbonyl (C=O) groups is 2. The Morgan fingerprint density at radius 3 is 2.64 bits per heavy atom. The Morgan fingerprint density at radius 1 is 1.19 bits per heavy atom. The number of nitrogens with one attached hydrogen (secondary N) is 1. The summed E-state index contributed by atoms with van der Waals surface area (Å²) in [5.41, 5.74) is 0.558. The highest BCUT2D eigenvalue weighted by molar-refractivity contribution is 5.98. The van der Waals surface area contributed by atoms with Gasteiger partial charge in [-0.05, 0) is 41.8 Å². The predicted molar refractivity (Wildman–Crippen MR) is 133 cm³/mol. The maximum absolute atomic E-state index is 13.3. The fraction of sp³-hybridized carbons (Fsp3) is 0.407. The molecule has 1 aliphatic heterocycles. The highest BCUT2D eigenvalue weighted by Gasteiger charge is 2.38. The van der Waals surface area contributed by atoms with Crippen LogP contribution in [0.4, 0.5) is 0 Å². The van der Waals surface area contributed by atoms with Crippen molar-refractivity contribution in [2.24, 2.45) is 0 Å². The van der Waals surface area contributed by atoms with Crippen LogP contribution in [0.1, 0.15) is 54.3 Å². The summed E-state index contributed by atoms with van der Waals surface area (Å²) in [6.45, 7) is 2.37. The van der Waals surface area contributed by atoms with Gasteiger partial charge in [0.05, 0.1) is 20.3 Å². The Balaban J connectivity index is 1.76. The summed E-state index contributed by atoms with van der Waals surface area (Å²) in [6, 6.07) is 9.49. The van der Waals surface area contributed by atoms with E-state index in [2.05, 4.69) is 12.2 Å². The highest BCUT2D eigenvalue weighted by atomic mass is 16.5. The molecule has 190 valence electrons. The Morgan fingerprint density at radius 2 is 1.97 bits per heavy atom. The number of likely N-dealkylation sites (tertiary alicyclic amines) is 1. The van der Waals surface area contributed by atoms with Crippen LogP contribution in [0.15, 0.2) is 51.2 Å². The van der Waals surface area contributed by atoms with Crippen LogP contribution in [0.2, 0.25) is 0 Å². The highest BCUT2D eigenvalue weighted by Crippen LogP contribution is 2.28. The predicted octanol–water partition coefficient (Wildman–Crippen LogP) is 3.37. The summed E-state index contributed by atoms with van der Waals surface area (Å²) in [5, 5.41) is 11.9. The number of nitrogens with zero attached hydrogens (tertiary/aromatic N) is 2. The summed E-state index contributed by atoms with van der Waals surface area (Å²) < 4.78 is 15.9. The third kappa shape index (κ3) is 6.33. The second-order valence-corrected chi connectivity index (χ2v) is 8.55. The molecule has 0 aliphatic carbocycles. The van der Waals surface area contributed by atoms with Gasteiger partial charge in [0.2, 0.25) is 5.91 Å². The molecule has 0 radical (unpaired) electrons. The van der Waals surface area contributed by atoms with E-state index in [9.17, 15) is 14.4 Å². The van der Waals surface area contributed by atoms with Gasteiger partial charge in [0.15, 0.2) is 11.5 Å². The monoisotopic (exact) mass is 493 g/mol. The average Bonchev–Trinajstić information content (AvgIpc) is 3.31. The van der Waals surface area contributed by atoms with Gasteiger partial charge in [0.1, 0.15) is 17.4 Å². The van der Waals surface area contributed by atoms with Crippen molar-refractivity contribution in [2.75, 3.05) is 20.8 Å². The van der Waals surface area contributed by atoms with Crippen LogP contribution in [0.25, 0.3) is 0 Å². The van der Waals surface area contributed by atoms with E-state index in [-0.39, 0.29) is 31.0 Å². The molecule has 36 heavy (non-hydrogen) atoms. The number of benzene rings is 1. The normalized spacial score (nSPS) is 16.0. The number of amides is 2. The number of nitriles is 1. The summed E-state index contributed by atoms with van der Waals surface area (Å²) in [6.07, 6.45) is 5.12. The van der Waals surface area contributed by atoms with Gasteiger partial charge in [0.25, 0.3) is 5.91 Å². The lowest BCUT2D eigenvalue weighted by molar-refractivity contribution is -0.125. The van der Waals surface area contributed by atoms with Crippen molar-refractivity contribution in [3.63, 3.8) is 0 Å². The van der Waals surface area contributed by atoms with Crippen LogP contribution in [0.5, 0.6) is 11.5 Å². The molecule has 3 rings (SSSR count). The molecule has 9 heteroatoms. The number of unbranched alkanes of at least 4 members (excludes halogenated alkanes) is 2. The molecule has 2 heterocycles. The topological polar surface area (TPSA) is 122 Å². The van der Waals surface area contributed by atoms with Crippen molar-refractivity contribution in [3.8, 4) is 17.6 Å². The van der Waals surface area contributed by atoms with Crippen LogP contribution in [0.3, 0.4) is 0 Å². The lowest BCUT2D eigenvalue weighted by atomic mass is 10.1. The maximum Gasteiger partial charge on any atom is 0.348 e. The molecule has 1 aromatic carbocycles. The van der Waals surface area contributed by atoms with E-state index in [0.717, 1.165) is 24.8 Å². The maximum atomic E-state index is 13.3. The second kappa shape index (κ2) is 12.6. The summed E-state index contributed by atoms with van der Waals surface area (Å²) in [5.74, 6) is 0.643. The molecule has 0 spiro atoms. The molecule has 2 aromatic rings. The lowest BCUT2D eigenvalue weighted by Gasteiger charge is -2.23. The third-order valence-electron chi connectivity index (χ3n) is 6.09. The van der Waals surface area contributed by atoms with Crippen LogP contribution < -0.4 is 20.4 Å². The van der Waals surface area contributed by atoms with E-state index in [1.807, 2.05) is 6.07 Å². The molecular weight excluding hydrogens is 462 g/mol. The first-order chi connectivity index (χ1) is 17.4. The van der Waals surface area contributed by atoms with Crippen molar-refractivity contribution >= 4 is 11.8 Å². The summed E-state index contributed by atoms with van der Waals surface area (Å²) in [4.78, 5) is 40.3. The van der Waals surface area contributed by atoms with Crippen LogP contribution in [-0.4, -0.2) is 43.5 Å². The number of ether oxygens (including phenoxy) is 2. The zero-order chi connectivity index (χ0) is 26.1. The van der Waals surface area contributed by atoms with Crippen LogP contribution in [0, 0.1) is 11.3 Å². The summed E-state index contributed by atoms with van der Waals surface area (Å²) >= 11 is 0. The molecule has 1 aromatic heterocycles. The SMILES string of the molecule is CCCCCc1ccc(C(=O)N2CC(=CC#N)C[C@H]2C(=O)NCc2ccc(OC)c(OC)c2)c(=O)o1. The van der Waals surface area contributed by atoms with Crippen molar-refractivity contribution in [1.82, 2.24) is 10.2 Å². The smallest absolute Gasteiger partial charge is 0.348 e. The molecule has 1 fully saturated rings. The Labute approximate surface area is 210 Å². The zero-order valence-electron chi connectivity index (χ0n) is 20.8. The van der Waals surface area contributed by atoms with E-state index in [4.69, 9.17) is 19.2 Å². The minimum absolute atomic E-state index is 0.0819. The number of aryl methyl sites for hydroxylation is 1. The van der Waals surface area contributed by atoms with Gasteiger partial charge in [-0.25, -0.2) is 4.79 Å². The number of allylic oxidation sites excluding steroid dienone is 1. The Bertz CT molecular complexity index is 1230. The zero-order valence-corrected chi connectivity index (χ0v) is 20.8. The van der Waals surface area contributed by atoms with E-state index < -0.39 is 17.6 Å². The van der Waals surface area contributed by atoms with Gasteiger partial charge in [0, 0.05) is 32.0 Å². The van der Waals surface area contributed by atoms with Gasteiger partial charge in [-0.3, -0.25) is 9.59 Å². The molecular formula is C27H31N3O6. The minimum Gasteiger partial charge on any atom is -0.493 e. The summed E-state index contributed by atoms with van der Waals surface area (Å²) in [7, 11) is 3.07. The molecule has 0 saturated carbocycles. The number of carbonyl (C=O) groups excluding carboxylic acids is 2. The number of rotatable bonds is 10. The van der Waals surface area contributed by atoms with Crippen LogP contribution >= 0.6 is 0 Å². The van der Waals surface area contributed by atoms with Crippen molar-refractivity contribution in [1.29, 1.82) is 5.26 Å². The van der Waals surface area contributed by atoms with Crippen molar-refractivity contribution in [2.45, 2.75) is 51.6 Å². The number of methoxy groups -OCH3 is 2. The minimum atomic E-state index is -0.860. The van der Waals surface area contributed by atoms with E-state index in [0.29, 0.717) is 29.3 Å². The first kappa shape index (κ1) is 26.5. The van der Waals surface area contributed by atoms with Crippen molar-refractivity contribution in [3.05, 3.63) is 69.3 Å². The van der Waals surface area contributed by atoms with Gasteiger partial charge in [-0.2, -0.15) is 5.26 Å². The van der Waals surface area contributed by atoms with E-state index in [1.54, 1.807) is 24.3 Å².